The van der Waals surface area contributed by atoms with Gasteiger partial charge in [-0.1, -0.05) is 24.3 Å². The summed E-state index contributed by atoms with van der Waals surface area (Å²) in [5.74, 6) is -1.26. The van der Waals surface area contributed by atoms with Crippen LogP contribution in [0.25, 0.3) is 10.8 Å². The Kier molecular flexibility index (Phi) is 4.44. The molecule has 2 aromatic carbocycles. The van der Waals surface area contributed by atoms with Gasteiger partial charge in [-0.15, -0.1) is 0 Å². The lowest BCUT2D eigenvalue weighted by Gasteiger charge is -2.22. The van der Waals surface area contributed by atoms with Crippen LogP contribution >= 0.6 is 0 Å². The summed E-state index contributed by atoms with van der Waals surface area (Å²) >= 11 is 0. The van der Waals surface area contributed by atoms with E-state index >= 15 is 0 Å². The highest BCUT2D eigenvalue weighted by atomic mass is 32.2. The second-order valence-corrected chi connectivity index (χ2v) is 8.20. The predicted octanol–water partition coefficient (Wildman–Crippen LogP) is 1.11. The van der Waals surface area contributed by atoms with Gasteiger partial charge in [-0.25, -0.2) is 8.42 Å². The van der Waals surface area contributed by atoms with Crippen LogP contribution in [0.15, 0.2) is 41.3 Å². The molecular weight excluding hydrogens is 344 g/mol. The maximum atomic E-state index is 13.1. The molecular formula is C17H20N2O5S. The maximum Gasteiger partial charge on any atom is 0.322 e. The van der Waals surface area contributed by atoms with Crippen LogP contribution in [0.1, 0.15) is 6.42 Å². The van der Waals surface area contributed by atoms with Gasteiger partial charge in [0.2, 0.25) is 10.0 Å². The van der Waals surface area contributed by atoms with Gasteiger partial charge >= 0.3 is 5.97 Å². The lowest BCUT2D eigenvalue weighted by Crippen LogP contribution is -2.40. The average Bonchev–Trinajstić information content (AvgIpc) is 2.96. The van der Waals surface area contributed by atoms with Gasteiger partial charge in [0.1, 0.15) is 6.04 Å². The molecule has 1 aliphatic rings. The summed E-state index contributed by atoms with van der Waals surface area (Å²) in [6, 6.07) is 9.05. The highest BCUT2D eigenvalue weighted by molar-refractivity contribution is 7.89. The Labute approximate surface area is 146 Å². The van der Waals surface area contributed by atoms with Crippen LogP contribution in [0.3, 0.4) is 0 Å². The maximum absolute atomic E-state index is 13.1. The monoisotopic (exact) mass is 364 g/mol. The van der Waals surface area contributed by atoms with Crippen molar-refractivity contribution in [1.29, 1.82) is 0 Å². The summed E-state index contributed by atoms with van der Waals surface area (Å²) in [6.45, 7) is -0.219. The molecule has 0 aromatic heterocycles. The number of rotatable bonds is 4. The molecule has 25 heavy (non-hydrogen) atoms. The van der Waals surface area contributed by atoms with E-state index in [2.05, 4.69) is 0 Å². The van der Waals surface area contributed by atoms with Gasteiger partial charge in [0, 0.05) is 43.5 Å². The highest BCUT2D eigenvalue weighted by Gasteiger charge is 2.44. The number of carboxylic acids is 1. The van der Waals surface area contributed by atoms with Crippen LogP contribution in [-0.2, 0) is 14.8 Å². The molecule has 1 aliphatic heterocycles. The van der Waals surface area contributed by atoms with Crippen LogP contribution in [0.4, 0.5) is 5.69 Å². The van der Waals surface area contributed by atoms with Gasteiger partial charge in [-0.05, 0) is 12.1 Å². The smallest absolute Gasteiger partial charge is 0.322 e. The number of aliphatic hydroxyl groups is 1. The van der Waals surface area contributed by atoms with Gasteiger partial charge in [0.25, 0.3) is 0 Å². The molecule has 2 atom stereocenters. The molecule has 2 N–H and O–H groups in total. The van der Waals surface area contributed by atoms with Crippen LogP contribution in [0.5, 0.6) is 0 Å². The number of sulfonamides is 1. The number of benzene rings is 2. The first-order valence-electron chi connectivity index (χ1n) is 7.85. The Morgan fingerprint density at radius 2 is 1.80 bits per heavy atom. The molecule has 8 heteroatoms. The Hall–Kier alpha value is -2.16. The molecule has 0 aliphatic carbocycles. The van der Waals surface area contributed by atoms with E-state index in [1.54, 1.807) is 18.2 Å². The van der Waals surface area contributed by atoms with Crippen molar-refractivity contribution in [3.63, 3.8) is 0 Å². The minimum Gasteiger partial charge on any atom is -0.480 e. The van der Waals surface area contributed by atoms with Gasteiger partial charge in [-0.2, -0.15) is 4.31 Å². The lowest BCUT2D eigenvalue weighted by molar-refractivity contribution is -0.140. The van der Waals surface area contributed by atoms with E-state index < -0.39 is 28.1 Å². The zero-order valence-electron chi connectivity index (χ0n) is 14.0. The number of fused-ring (bicyclic) bond motifs is 1. The highest BCUT2D eigenvalue weighted by Crippen LogP contribution is 2.34. The molecule has 0 unspecified atom stereocenters. The van der Waals surface area contributed by atoms with E-state index in [4.69, 9.17) is 0 Å². The molecule has 0 saturated carbocycles. The standard InChI is InChI=1S/C17H20N2O5S/c1-18(2)14-7-3-6-13-12(14)5-4-8-16(13)25(23,24)19-10-11(20)9-15(19)17(21)22/h3-8,11,15,20H,9-10H2,1-2H3,(H,21,22)/t11-,15+/m0/s1. The van der Waals surface area contributed by atoms with Crippen LogP contribution in [0, 0.1) is 0 Å². The second-order valence-electron chi connectivity index (χ2n) is 6.34. The van der Waals surface area contributed by atoms with Crippen LogP contribution in [-0.4, -0.2) is 61.7 Å². The topological polar surface area (TPSA) is 98.2 Å². The predicted molar refractivity (Wildman–Crippen MR) is 94.2 cm³/mol. The van der Waals surface area contributed by atoms with E-state index in [1.807, 2.05) is 31.1 Å². The van der Waals surface area contributed by atoms with Crippen molar-refractivity contribution in [3.05, 3.63) is 36.4 Å². The van der Waals surface area contributed by atoms with Crippen molar-refractivity contribution < 1.29 is 23.4 Å². The number of hydrogen-bond acceptors (Lipinski definition) is 5. The molecule has 1 saturated heterocycles. The Balaban J connectivity index is 2.18. The van der Waals surface area contributed by atoms with E-state index in [1.165, 1.54) is 6.07 Å². The number of carboxylic acid groups (broad SMARTS) is 1. The first-order valence-corrected chi connectivity index (χ1v) is 9.29. The van der Waals surface area contributed by atoms with Crippen LogP contribution in [0.2, 0.25) is 0 Å². The first kappa shape index (κ1) is 17.7. The minimum atomic E-state index is -4.06. The Morgan fingerprint density at radius 3 is 2.44 bits per heavy atom. The van der Waals surface area contributed by atoms with Crippen molar-refractivity contribution >= 4 is 32.5 Å². The summed E-state index contributed by atoms with van der Waals surface area (Å²) in [7, 11) is -0.324. The number of hydrogen-bond donors (Lipinski definition) is 2. The Bertz CT molecular complexity index is 926. The molecule has 134 valence electrons. The largest absolute Gasteiger partial charge is 0.480 e. The fourth-order valence-electron chi connectivity index (χ4n) is 3.28. The molecule has 0 spiro atoms. The van der Waals surface area contributed by atoms with Gasteiger partial charge < -0.3 is 15.1 Å². The third kappa shape index (κ3) is 2.97. The lowest BCUT2D eigenvalue weighted by atomic mass is 10.1. The SMILES string of the molecule is CN(C)c1cccc2c(S(=O)(=O)N3C[C@@H](O)C[C@@H]3C(=O)O)cccc12. The third-order valence-electron chi connectivity index (χ3n) is 4.45. The summed E-state index contributed by atoms with van der Waals surface area (Å²) in [6.07, 6.45) is -1.09. The molecule has 0 amide bonds. The summed E-state index contributed by atoms with van der Waals surface area (Å²) in [4.78, 5) is 13.4. The Morgan fingerprint density at radius 1 is 1.16 bits per heavy atom. The van der Waals surface area contributed by atoms with Crippen molar-refractivity contribution in [2.45, 2.75) is 23.5 Å². The summed E-state index contributed by atoms with van der Waals surface area (Å²) in [5.41, 5.74) is 0.866. The normalized spacial score (nSPS) is 21.6. The molecule has 7 nitrogen and oxygen atoms in total. The molecule has 1 heterocycles. The summed E-state index contributed by atoms with van der Waals surface area (Å²) in [5, 5.41) is 20.4. The fourth-order valence-corrected chi connectivity index (χ4v) is 5.12. The van der Waals surface area contributed by atoms with E-state index in [-0.39, 0.29) is 17.9 Å². The number of nitrogens with zero attached hydrogens (tertiary/aromatic N) is 2. The second kappa shape index (κ2) is 6.29. The molecule has 0 bridgehead atoms. The minimum absolute atomic E-state index is 0.0500. The van der Waals surface area contributed by atoms with Crippen molar-refractivity contribution in [2.75, 3.05) is 25.5 Å². The number of anilines is 1. The van der Waals surface area contributed by atoms with Gasteiger partial charge in [-0.3, -0.25) is 4.79 Å². The number of aliphatic hydroxyl groups excluding tert-OH is 1. The first-order chi connectivity index (χ1) is 11.7. The van der Waals surface area contributed by atoms with Gasteiger partial charge in [0.15, 0.2) is 0 Å². The zero-order valence-corrected chi connectivity index (χ0v) is 14.8. The summed E-state index contributed by atoms with van der Waals surface area (Å²) < 4.78 is 27.1. The van der Waals surface area contributed by atoms with Crippen molar-refractivity contribution in [2.24, 2.45) is 0 Å². The zero-order chi connectivity index (χ0) is 18.4. The average molecular weight is 364 g/mol. The van der Waals surface area contributed by atoms with E-state index in [9.17, 15) is 23.4 Å². The third-order valence-corrected chi connectivity index (χ3v) is 6.38. The van der Waals surface area contributed by atoms with Crippen molar-refractivity contribution in [1.82, 2.24) is 4.31 Å². The van der Waals surface area contributed by atoms with Gasteiger partial charge in [0.05, 0.1) is 11.0 Å². The number of carbonyl (C=O) groups is 1. The van der Waals surface area contributed by atoms with E-state index in [0.717, 1.165) is 15.4 Å². The number of aliphatic carboxylic acids is 1. The molecule has 2 aromatic rings. The molecule has 3 rings (SSSR count). The quantitative estimate of drug-likeness (QED) is 0.843. The molecule has 1 fully saturated rings. The fraction of sp³-hybridized carbons (Fsp3) is 0.353. The van der Waals surface area contributed by atoms with Crippen LogP contribution < -0.4 is 4.90 Å². The van der Waals surface area contributed by atoms with Crippen molar-refractivity contribution in [3.8, 4) is 0 Å². The molecule has 0 radical (unpaired) electrons. The van der Waals surface area contributed by atoms with E-state index in [0.29, 0.717) is 5.39 Å². The number of β-amino-alcohol motifs (C(OH)–C–C–N with tert-alkyl or cyclic N) is 1.